The number of hydrogen-bond donors (Lipinski definition) is 2. The molecule has 20 heavy (non-hydrogen) atoms. The highest BCUT2D eigenvalue weighted by atomic mass is 16.2. The summed E-state index contributed by atoms with van der Waals surface area (Å²) in [4.78, 5) is 25.8. The first-order valence-electron chi connectivity index (χ1n) is 7.58. The monoisotopic (exact) mass is 283 g/mol. The number of carbonyl (C=O) groups excluding carboxylic acids is 2. The van der Waals surface area contributed by atoms with Crippen molar-refractivity contribution in [3.8, 4) is 0 Å². The van der Waals surface area contributed by atoms with Gasteiger partial charge >= 0.3 is 0 Å². The van der Waals surface area contributed by atoms with Gasteiger partial charge in [0.25, 0.3) is 0 Å². The van der Waals surface area contributed by atoms with Crippen LogP contribution in [0.25, 0.3) is 0 Å². The summed E-state index contributed by atoms with van der Waals surface area (Å²) in [5, 5.41) is 3.03. The molecule has 1 fully saturated rings. The number of amides is 2. The highest BCUT2D eigenvalue weighted by Crippen LogP contribution is 2.21. The van der Waals surface area contributed by atoms with E-state index in [9.17, 15) is 9.59 Å². The molecule has 0 aromatic heterocycles. The van der Waals surface area contributed by atoms with Crippen molar-refractivity contribution in [3.05, 3.63) is 0 Å². The van der Waals surface area contributed by atoms with Gasteiger partial charge in [0.2, 0.25) is 11.8 Å². The Bertz CT molecular complexity index is 342. The Hall–Kier alpha value is -1.10. The maximum absolute atomic E-state index is 12.2. The van der Waals surface area contributed by atoms with Gasteiger partial charge in [-0.2, -0.15) is 0 Å². The van der Waals surface area contributed by atoms with Crippen LogP contribution in [-0.4, -0.2) is 41.9 Å². The molecule has 0 radical (unpaired) electrons. The lowest BCUT2D eigenvalue weighted by Gasteiger charge is -2.36. The molecule has 0 aromatic rings. The molecular formula is C15H29N3O2. The number of rotatable bonds is 4. The lowest BCUT2D eigenvalue weighted by molar-refractivity contribution is -0.140. The van der Waals surface area contributed by atoms with Gasteiger partial charge in [0, 0.05) is 37.0 Å². The first-order valence-corrected chi connectivity index (χ1v) is 7.58. The standard InChI is InChI=1S/C15H29N3O2/c1-5-11(16)10-13(19)17-12-6-8-18(9-7-12)14(20)15(2,3)4/h11-12H,5-10,16H2,1-4H3,(H,17,19). The zero-order chi connectivity index (χ0) is 15.3. The number of piperidine rings is 1. The Kier molecular flexibility index (Phi) is 5.99. The Morgan fingerprint density at radius 3 is 2.30 bits per heavy atom. The molecule has 1 aliphatic rings. The lowest BCUT2D eigenvalue weighted by Crippen LogP contribution is -2.49. The molecule has 0 aromatic carbocycles. The van der Waals surface area contributed by atoms with Gasteiger partial charge in [-0.1, -0.05) is 27.7 Å². The summed E-state index contributed by atoms with van der Waals surface area (Å²) in [7, 11) is 0. The van der Waals surface area contributed by atoms with Crippen molar-refractivity contribution in [1.82, 2.24) is 10.2 Å². The SMILES string of the molecule is CCC(N)CC(=O)NC1CCN(C(=O)C(C)(C)C)CC1. The van der Waals surface area contributed by atoms with Crippen LogP contribution in [0.2, 0.25) is 0 Å². The number of nitrogens with one attached hydrogen (secondary N) is 1. The fraction of sp³-hybridized carbons (Fsp3) is 0.867. The fourth-order valence-electron chi connectivity index (χ4n) is 2.37. The van der Waals surface area contributed by atoms with E-state index in [-0.39, 0.29) is 29.3 Å². The first-order chi connectivity index (χ1) is 9.24. The molecule has 5 nitrogen and oxygen atoms in total. The maximum atomic E-state index is 12.2. The van der Waals surface area contributed by atoms with E-state index in [2.05, 4.69) is 5.32 Å². The molecule has 5 heteroatoms. The lowest BCUT2D eigenvalue weighted by atomic mass is 9.93. The predicted octanol–water partition coefficient (Wildman–Crippen LogP) is 1.27. The van der Waals surface area contributed by atoms with Crippen LogP contribution in [0.5, 0.6) is 0 Å². The number of nitrogens with two attached hydrogens (primary N) is 1. The van der Waals surface area contributed by atoms with E-state index in [1.165, 1.54) is 0 Å². The molecule has 1 heterocycles. The highest BCUT2D eigenvalue weighted by Gasteiger charge is 2.30. The fourth-order valence-corrected chi connectivity index (χ4v) is 2.37. The topological polar surface area (TPSA) is 75.4 Å². The molecule has 0 spiro atoms. The van der Waals surface area contributed by atoms with Crippen LogP contribution in [0, 0.1) is 5.41 Å². The molecule has 1 rings (SSSR count). The Morgan fingerprint density at radius 2 is 1.85 bits per heavy atom. The number of nitrogens with zero attached hydrogens (tertiary/aromatic N) is 1. The van der Waals surface area contributed by atoms with Gasteiger partial charge in [-0.25, -0.2) is 0 Å². The largest absolute Gasteiger partial charge is 0.353 e. The van der Waals surface area contributed by atoms with Gasteiger partial charge < -0.3 is 16.0 Å². The Balaban J connectivity index is 2.36. The minimum atomic E-state index is -0.329. The van der Waals surface area contributed by atoms with E-state index >= 15 is 0 Å². The summed E-state index contributed by atoms with van der Waals surface area (Å²) in [6.07, 6.45) is 2.85. The van der Waals surface area contributed by atoms with Crippen molar-refractivity contribution in [2.45, 2.75) is 65.5 Å². The third-order valence-corrected chi connectivity index (χ3v) is 3.76. The molecule has 1 unspecified atom stereocenters. The van der Waals surface area contributed by atoms with Gasteiger partial charge in [0.15, 0.2) is 0 Å². The highest BCUT2D eigenvalue weighted by molar-refractivity contribution is 5.81. The van der Waals surface area contributed by atoms with E-state index < -0.39 is 0 Å². The van der Waals surface area contributed by atoms with Crippen molar-refractivity contribution in [3.63, 3.8) is 0 Å². The van der Waals surface area contributed by atoms with Crippen molar-refractivity contribution < 1.29 is 9.59 Å². The smallest absolute Gasteiger partial charge is 0.227 e. The van der Waals surface area contributed by atoms with Crippen LogP contribution in [0.1, 0.15) is 53.4 Å². The molecule has 116 valence electrons. The average Bonchev–Trinajstić information content (AvgIpc) is 2.37. The summed E-state index contributed by atoms with van der Waals surface area (Å²) in [5.41, 5.74) is 5.45. The first kappa shape index (κ1) is 17.0. The van der Waals surface area contributed by atoms with E-state index in [0.717, 1.165) is 32.4 Å². The molecular weight excluding hydrogens is 254 g/mol. The van der Waals surface area contributed by atoms with Gasteiger partial charge in [0.1, 0.15) is 0 Å². The Labute approximate surface area is 122 Å². The van der Waals surface area contributed by atoms with Crippen LogP contribution < -0.4 is 11.1 Å². The van der Waals surface area contributed by atoms with E-state index in [0.29, 0.717) is 6.42 Å². The average molecular weight is 283 g/mol. The summed E-state index contributed by atoms with van der Waals surface area (Å²) in [6, 6.07) is 0.119. The van der Waals surface area contributed by atoms with Crippen molar-refractivity contribution in [2.24, 2.45) is 11.1 Å². The van der Waals surface area contributed by atoms with Crippen LogP contribution in [0.3, 0.4) is 0 Å². The molecule has 0 aliphatic carbocycles. The second-order valence-corrected chi connectivity index (χ2v) is 6.76. The molecule has 3 N–H and O–H groups in total. The van der Waals surface area contributed by atoms with Gasteiger partial charge in [-0.05, 0) is 19.3 Å². The molecule has 1 saturated heterocycles. The van der Waals surface area contributed by atoms with Crippen LogP contribution >= 0.6 is 0 Å². The van der Waals surface area contributed by atoms with Crippen molar-refractivity contribution in [1.29, 1.82) is 0 Å². The molecule has 0 saturated carbocycles. The normalized spacial score (nSPS) is 18.8. The molecule has 1 aliphatic heterocycles. The number of carbonyl (C=O) groups is 2. The summed E-state index contributed by atoms with van der Waals surface area (Å²) >= 11 is 0. The van der Waals surface area contributed by atoms with Gasteiger partial charge in [-0.3, -0.25) is 9.59 Å². The molecule has 0 bridgehead atoms. The molecule has 1 atom stereocenters. The summed E-state index contributed by atoms with van der Waals surface area (Å²) in [6.45, 7) is 9.25. The number of hydrogen-bond acceptors (Lipinski definition) is 3. The summed E-state index contributed by atoms with van der Waals surface area (Å²) < 4.78 is 0. The van der Waals surface area contributed by atoms with Gasteiger partial charge in [0.05, 0.1) is 0 Å². The Morgan fingerprint density at radius 1 is 1.30 bits per heavy atom. The minimum Gasteiger partial charge on any atom is -0.353 e. The predicted molar refractivity (Wildman–Crippen MR) is 80.1 cm³/mol. The number of likely N-dealkylation sites (tertiary alicyclic amines) is 1. The van der Waals surface area contributed by atoms with Crippen molar-refractivity contribution >= 4 is 11.8 Å². The molecule has 2 amide bonds. The van der Waals surface area contributed by atoms with Crippen LogP contribution in [-0.2, 0) is 9.59 Å². The van der Waals surface area contributed by atoms with E-state index in [4.69, 9.17) is 5.73 Å². The summed E-state index contributed by atoms with van der Waals surface area (Å²) in [5.74, 6) is 0.218. The zero-order valence-corrected chi connectivity index (χ0v) is 13.2. The maximum Gasteiger partial charge on any atom is 0.227 e. The third-order valence-electron chi connectivity index (χ3n) is 3.76. The van der Waals surface area contributed by atoms with Gasteiger partial charge in [-0.15, -0.1) is 0 Å². The third kappa shape index (κ3) is 5.12. The van der Waals surface area contributed by atoms with Crippen LogP contribution in [0.15, 0.2) is 0 Å². The van der Waals surface area contributed by atoms with Crippen LogP contribution in [0.4, 0.5) is 0 Å². The van der Waals surface area contributed by atoms with Crippen molar-refractivity contribution in [2.75, 3.05) is 13.1 Å². The van der Waals surface area contributed by atoms with E-state index in [1.807, 2.05) is 32.6 Å². The van der Waals surface area contributed by atoms with E-state index in [1.54, 1.807) is 0 Å². The quantitative estimate of drug-likeness (QED) is 0.816. The minimum absolute atomic E-state index is 0.0277. The second-order valence-electron chi connectivity index (χ2n) is 6.76. The second kappa shape index (κ2) is 7.07. The zero-order valence-electron chi connectivity index (χ0n) is 13.2.